The number of oxime groups is 1. The fourth-order valence-electron chi connectivity index (χ4n) is 2.64. The van der Waals surface area contributed by atoms with Gasteiger partial charge in [-0.25, -0.2) is 9.78 Å². The normalized spacial score (nSPS) is 18.4. The van der Waals surface area contributed by atoms with Gasteiger partial charge in [0.15, 0.2) is 10.8 Å². The Labute approximate surface area is 194 Å². The van der Waals surface area contributed by atoms with Crippen LogP contribution >= 0.6 is 11.3 Å². The van der Waals surface area contributed by atoms with Crippen LogP contribution in [0.5, 0.6) is 0 Å². The molecule has 16 heteroatoms. The van der Waals surface area contributed by atoms with E-state index >= 15 is 0 Å². The molecule has 0 saturated carbocycles. The van der Waals surface area contributed by atoms with Crippen LogP contribution < -0.4 is 10.6 Å². The molecule has 3 N–H and O–H groups in total. The highest BCUT2D eigenvalue weighted by molar-refractivity contribution is 7.80. The molecular weight excluding hydrogens is 482 g/mol. The van der Waals surface area contributed by atoms with Crippen molar-refractivity contribution in [3.8, 4) is 0 Å². The van der Waals surface area contributed by atoms with E-state index in [4.69, 9.17) is 14.1 Å². The molecule has 1 saturated heterocycles. The molecule has 0 unspecified atom stereocenters. The summed E-state index contributed by atoms with van der Waals surface area (Å²) >= 11 is 1.17. The number of nitrogens with one attached hydrogen (secondary N) is 2. The minimum absolute atomic E-state index is 0.0988. The van der Waals surface area contributed by atoms with Gasteiger partial charge in [0, 0.05) is 12.4 Å². The highest BCUT2D eigenvalue weighted by atomic mass is 32.3. The fourth-order valence-corrected chi connectivity index (χ4v) is 3.75. The number of thiazole rings is 1. The summed E-state index contributed by atoms with van der Waals surface area (Å²) in [5, 5.41) is 11.3. The fraction of sp³-hybridized carbons (Fsp3) is 0.588. The molecule has 0 spiro atoms. The van der Waals surface area contributed by atoms with Crippen molar-refractivity contribution in [3.63, 3.8) is 0 Å². The summed E-state index contributed by atoms with van der Waals surface area (Å²) in [6, 6.07) is -1.22. The van der Waals surface area contributed by atoms with Gasteiger partial charge in [-0.2, -0.15) is 13.5 Å². The van der Waals surface area contributed by atoms with E-state index < -0.39 is 52.0 Å². The zero-order valence-corrected chi connectivity index (χ0v) is 20.4. The van der Waals surface area contributed by atoms with Gasteiger partial charge in [-0.15, -0.1) is 15.6 Å². The lowest BCUT2D eigenvalue weighted by atomic mass is 9.84. The molecule has 1 aromatic heterocycles. The van der Waals surface area contributed by atoms with Gasteiger partial charge in [0.2, 0.25) is 6.61 Å². The van der Waals surface area contributed by atoms with Gasteiger partial charge in [-0.05, 0) is 34.6 Å². The van der Waals surface area contributed by atoms with Gasteiger partial charge in [0.05, 0.1) is 5.54 Å². The van der Waals surface area contributed by atoms with Gasteiger partial charge < -0.3 is 20.2 Å². The Morgan fingerprint density at radius 1 is 1.36 bits per heavy atom. The van der Waals surface area contributed by atoms with Crippen molar-refractivity contribution in [3.05, 3.63) is 11.1 Å². The van der Waals surface area contributed by atoms with Crippen LogP contribution in [0.15, 0.2) is 10.5 Å². The molecule has 0 radical (unpaired) electrons. The molecule has 1 fully saturated rings. The molecule has 1 aliphatic heterocycles. The second-order valence-electron chi connectivity index (χ2n) is 8.28. The Morgan fingerprint density at radius 3 is 2.48 bits per heavy atom. The first-order chi connectivity index (χ1) is 15.0. The molecule has 33 heavy (non-hydrogen) atoms. The number of anilines is 1. The van der Waals surface area contributed by atoms with Crippen LogP contribution in [0.1, 0.15) is 40.3 Å². The van der Waals surface area contributed by atoms with Gasteiger partial charge in [0.25, 0.3) is 11.8 Å². The summed E-state index contributed by atoms with van der Waals surface area (Å²) in [6.07, 6.45) is 0. The minimum atomic E-state index is -4.94. The summed E-state index contributed by atoms with van der Waals surface area (Å²) in [7, 11) is -3.32. The third-order valence-electron chi connectivity index (χ3n) is 4.06. The minimum Gasteiger partial charge on any atom is -0.457 e. The van der Waals surface area contributed by atoms with Crippen LogP contribution in [-0.4, -0.2) is 77.3 Å². The number of carbonyl (C=O) groups excluding carboxylic acids is 3. The monoisotopic (exact) mass is 507 g/mol. The second-order valence-corrected chi connectivity index (χ2v) is 10.1. The maximum atomic E-state index is 12.9. The van der Waals surface area contributed by atoms with E-state index in [2.05, 4.69) is 25.1 Å². The predicted molar refractivity (Wildman–Crippen MR) is 115 cm³/mol. The van der Waals surface area contributed by atoms with Gasteiger partial charge in [-0.3, -0.25) is 14.1 Å². The number of aromatic nitrogens is 1. The lowest BCUT2D eigenvalue weighted by Gasteiger charge is -2.50. The second kappa shape index (κ2) is 9.58. The van der Waals surface area contributed by atoms with Crippen LogP contribution in [-0.2, 0) is 38.6 Å². The molecule has 2 amide bonds. The summed E-state index contributed by atoms with van der Waals surface area (Å²) in [4.78, 5) is 46.2. The van der Waals surface area contributed by atoms with Gasteiger partial charge in [-0.1, -0.05) is 5.16 Å². The number of ether oxygens (including phenoxy) is 1. The van der Waals surface area contributed by atoms with E-state index in [0.717, 1.165) is 0 Å². The van der Waals surface area contributed by atoms with Crippen LogP contribution in [0.2, 0.25) is 0 Å². The number of carbonyl (C=O) groups is 3. The SMILES string of the molecule is CNc1nc(/C(=N/OCC(=O)OC(C)(C)C)C(=O)N[C@@H]2C(=O)N(OS(=O)(=O)O)C2(C)C)cs1. The number of rotatable bonds is 9. The van der Waals surface area contributed by atoms with E-state index in [9.17, 15) is 22.8 Å². The Morgan fingerprint density at radius 2 is 2.00 bits per heavy atom. The molecule has 0 bridgehead atoms. The summed E-state index contributed by atoms with van der Waals surface area (Å²) in [5.74, 6) is -2.52. The van der Waals surface area contributed by atoms with Crippen LogP contribution in [0.4, 0.5) is 5.13 Å². The number of amides is 2. The van der Waals surface area contributed by atoms with E-state index in [0.29, 0.717) is 10.2 Å². The maximum Gasteiger partial charge on any atom is 0.418 e. The highest BCUT2D eigenvalue weighted by Gasteiger charge is 2.58. The maximum absolute atomic E-state index is 12.9. The quantitative estimate of drug-likeness (QED) is 0.135. The van der Waals surface area contributed by atoms with E-state index in [1.54, 1.807) is 27.8 Å². The van der Waals surface area contributed by atoms with Crippen molar-refractivity contribution < 1.29 is 41.2 Å². The molecule has 1 aromatic rings. The van der Waals surface area contributed by atoms with Crippen LogP contribution in [0.3, 0.4) is 0 Å². The number of esters is 1. The molecule has 2 heterocycles. The topological polar surface area (TPSA) is 186 Å². The molecule has 0 aromatic carbocycles. The first kappa shape index (κ1) is 26.4. The molecule has 2 rings (SSSR count). The third-order valence-corrected chi connectivity index (χ3v) is 5.25. The van der Waals surface area contributed by atoms with Crippen molar-refractivity contribution in [2.24, 2.45) is 5.16 Å². The average molecular weight is 508 g/mol. The smallest absolute Gasteiger partial charge is 0.418 e. The molecular formula is C17H25N5O9S2. The average Bonchev–Trinajstić information content (AvgIpc) is 3.14. The number of hydroxylamine groups is 2. The number of nitrogens with zero attached hydrogens (tertiary/aromatic N) is 3. The molecule has 184 valence electrons. The Balaban J connectivity index is 2.19. The van der Waals surface area contributed by atoms with Crippen molar-refractivity contribution in [1.29, 1.82) is 0 Å². The zero-order chi connectivity index (χ0) is 25.2. The Bertz CT molecular complexity index is 1060. The Hall–Kier alpha value is -2.82. The molecule has 1 aliphatic rings. The van der Waals surface area contributed by atoms with Crippen LogP contribution in [0, 0.1) is 0 Å². The van der Waals surface area contributed by atoms with E-state index in [1.165, 1.54) is 30.6 Å². The zero-order valence-electron chi connectivity index (χ0n) is 18.7. The first-order valence-electron chi connectivity index (χ1n) is 9.42. The van der Waals surface area contributed by atoms with Crippen molar-refractivity contribution in [2.45, 2.75) is 51.8 Å². The summed E-state index contributed by atoms with van der Waals surface area (Å²) in [5.41, 5.74) is -2.31. The van der Waals surface area contributed by atoms with Crippen molar-refractivity contribution in [1.82, 2.24) is 15.4 Å². The lowest BCUT2D eigenvalue weighted by molar-refractivity contribution is -0.218. The van der Waals surface area contributed by atoms with Crippen molar-refractivity contribution >= 4 is 50.4 Å². The number of hydrogen-bond donors (Lipinski definition) is 3. The standard InChI is InChI=1S/C17H25N5O9S2/c1-16(2,3)30-10(23)7-29-21-11(9-8-32-15(18-6)19-9)13(24)20-12-14(25)22(17(12,4)5)31-33(26,27)28/h8,12H,7H2,1-6H3,(H,18,19)(H,20,24)(H,26,27,28)/b21-11-/t12-/m1/s1. The largest absolute Gasteiger partial charge is 0.457 e. The number of β-lactam (4-membered cyclic amide) rings is 1. The van der Waals surface area contributed by atoms with Crippen molar-refractivity contribution in [2.75, 3.05) is 19.0 Å². The first-order valence-corrected chi connectivity index (χ1v) is 11.7. The summed E-state index contributed by atoms with van der Waals surface area (Å²) < 4.78 is 40.1. The highest BCUT2D eigenvalue weighted by Crippen LogP contribution is 2.33. The van der Waals surface area contributed by atoms with Gasteiger partial charge >= 0.3 is 16.4 Å². The molecule has 14 nitrogen and oxygen atoms in total. The van der Waals surface area contributed by atoms with E-state index in [1.807, 2.05) is 0 Å². The van der Waals surface area contributed by atoms with Crippen LogP contribution in [0.25, 0.3) is 0 Å². The Kier molecular flexibility index (Phi) is 7.67. The van der Waals surface area contributed by atoms with E-state index in [-0.39, 0.29) is 11.4 Å². The number of hydrogen-bond acceptors (Lipinski definition) is 12. The molecule has 0 aliphatic carbocycles. The lowest BCUT2D eigenvalue weighted by Crippen LogP contribution is -2.76. The van der Waals surface area contributed by atoms with Gasteiger partial charge in [0.1, 0.15) is 17.3 Å². The molecule has 1 atom stereocenters. The third kappa shape index (κ3) is 6.83. The predicted octanol–water partition coefficient (Wildman–Crippen LogP) is 0.0872. The summed E-state index contributed by atoms with van der Waals surface area (Å²) in [6.45, 7) is 7.25.